The van der Waals surface area contributed by atoms with Crippen molar-refractivity contribution in [2.24, 2.45) is 0 Å². The molecule has 0 radical (unpaired) electrons. The van der Waals surface area contributed by atoms with Crippen molar-refractivity contribution in [2.45, 2.75) is 33.2 Å². The standard InChI is InChI=1S/C18H19NO/c1-3-4-11-19-17-8-6-5-7-14(17)16-12-13(2)9-10-15(16)18(19)20/h5-10,12H,3-4,11H2,1-2H3. The molecular formula is C18H19NO. The molecule has 0 atom stereocenters. The van der Waals surface area contributed by atoms with Gasteiger partial charge in [-0.15, -0.1) is 0 Å². The summed E-state index contributed by atoms with van der Waals surface area (Å²) in [4.78, 5) is 12.7. The van der Waals surface area contributed by atoms with E-state index >= 15 is 0 Å². The summed E-state index contributed by atoms with van der Waals surface area (Å²) in [5.74, 6) is 0. The van der Waals surface area contributed by atoms with Crippen LogP contribution < -0.4 is 5.56 Å². The molecule has 0 N–H and O–H groups in total. The fourth-order valence-electron chi connectivity index (χ4n) is 2.80. The van der Waals surface area contributed by atoms with Crippen LogP contribution >= 0.6 is 0 Å². The Hall–Kier alpha value is -2.09. The molecule has 0 fully saturated rings. The number of unbranched alkanes of at least 4 members (excludes halogenated alkanes) is 1. The van der Waals surface area contributed by atoms with Crippen LogP contribution in [0.4, 0.5) is 0 Å². The zero-order valence-electron chi connectivity index (χ0n) is 12.0. The zero-order chi connectivity index (χ0) is 14.1. The lowest BCUT2D eigenvalue weighted by molar-refractivity contribution is 0.635. The lowest BCUT2D eigenvalue weighted by atomic mass is 10.0. The number of aromatic nitrogens is 1. The van der Waals surface area contributed by atoms with Gasteiger partial charge in [-0.05, 0) is 30.9 Å². The third-order valence-corrected chi connectivity index (χ3v) is 3.87. The van der Waals surface area contributed by atoms with Gasteiger partial charge in [-0.2, -0.15) is 0 Å². The van der Waals surface area contributed by atoms with Crippen LogP contribution in [0.5, 0.6) is 0 Å². The third kappa shape index (κ3) is 2.01. The van der Waals surface area contributed by atoms with Crippen molar-refractivity contribution < 1.29 is 0 Å². The van der Waals surface area contributed by atoms with Gasteiger partial charge >= 0.3 is 0 Å². The molecule has 0 aliphatic rings. The van der Waals surface area contributed by atoms with Crippen LogP contribution in [0.3, 0.4) is 0 Å². The highest BCUT2D eigenvalue weighted by Gasteiger charge is 2.09. The second-order valence-electron chi connectivity index (χ2n) is 5.38. The molecule has 2 nitrogen and oxygen atoms in total. The molecule has 0 saturated heterocycles. The van der Waals surface area contributed by atoms with E-state index in [2.05, 4.69) is 26.0 Å². The SMILES string of the molecule is CCCCn1c(=O)c2ccc(C)cc2c2ccccc21. The van der Waals surface area contributed by atoms with Crippen molar-refractivity contribution in [1.82, 2.24) is 4.57 Å². The van der Waals surface area contributed by atoms with Crippen molar-refractivity contribution >= 4 is 21.7 Å². The largest absolute Gasteiger partial charge is 0.308 e. The number of aryl methyl sites for hydroxylation is 2. The maximum Gasteiger partial charge on any atom is 0.258 e. The molecular weight excluding hydrogens is 246 g/mol. The molecule has 2 heteroatoms. The van der Waals surface area contributed by atoms with Gasteiger partial charge in [-0.1, -0.05) is 49.2 Å². The van der Waals surface area contributed by atoms with E-state index in [4.69, 9.17) is 0 Å². The first-order valence-electron chi connectivity index (χ1n) is 7.24. The molecule has 0 spiro atoms. The quantitative estimate of drug-likeness (QED) is 0.648. The van der Waals surface area contributed by atoms with Crippen LogP contribution in [0, 0.1) is 6.92 Å². The number of fused-ring (bicyclic) bond motifs is 3. The topological polar surface area (TPSA) is 22.0 Å². The lowest BCUT2D eigenvalue weighted by Gasteiger charge is -2.13. The first kappa shape index (κ1) is 12.9. The summed E-state index contributed by atoms with van der Waals surface area (Å²) in [6, 6.07) is 14.3. The van der Waals surface area contributed by atoms with E-state index < -0.39 is 0 Å². The van der Waals surface area contributed by atoms with Crippen molar-refractivity contribution in [3.05, 3.63) is 58.4 Å². The average molecular weight is 265 g/mol. The first-order valence-corrected chi connectivity index (χ1v) is 7.24. The predicted molar refractivity (Wildman–Crippen MR) is 85.4 cm³/mol. The second kappa shape index (κ2) is 5.12. The summed E-state index contributed by atoms with van der Waals surface area (Å²) >= 11 is 0. The Morgan fingerprint density at radius 2 is 1.80 bits per heavy atom. The number of nitrogens with zero attached hydrogens (tertiary/aromatic N) is 1. The summed E-state index contributed by atoms with van der Waals surface area (Å²) < 4.78 is 1.93. The molecule has 1 aromatic heterocycles. The van der Waals surface area contributed by atoms with Gasteiger partial charge in [0, 0.05) is 17.3 Å². The Morgan fingerprint density at radius 1 is 1.00 bits per heavy atom. The highest BCUT2D eigenvalue weighted by molar-refractivity contribution is 6.05. The Morgan fingerprint density at radius 3 is 2.60 bits per heavy atom. The summed E-state index contributed by atoms with van der Waals surface area (Å²) in [5.41, 5.74) is 2.37. The molecule has 0 aliphatic carbocycles. The molecule has 0 bridgehead atoms. The van der Waals surface area contributed by atoms with E-state index in [9.17, 15) is 4.79 Å². The summed E-state index contributed by atoms with van der Waals surface area (Å²) in [5, 5.41) is 3.06. The number of pyridine rings is 1. The Bertz CT molecular complexity index is 830. The highest BCUT2D eigenvalue weighted by Crippen LogP contribution is 2.23. The van der Waals surface area contributed by atoms with Gasteiger partial charge in [0.2, 0.25) is 0 Å². The van der Waals surface area contributed by atoms with Crippen molar-refractivity contribution in [3.63, 3.8) is 0 Å². The van der Waals surface area contributed by atoms with Crippen LogP contribution in [-0.2, 0) is 6.54 Å². The molecule has 3 aromatic rings. The van der Waals surface area contributed by atoms with Gasteiger partial charge in [0.25, 0.3) is 5.56 Å². The molecule has 0 aliphatic heterocycles. The fraction of sp³-hybridized carbons (Fsp3) is 0.278. The van der Waals surface area contributed by atoms with E-state index in [1.807, 2.05) is 34.9 Å². The van der Waals surface area contributed by atoms with Crippen LogP contribution in [0.1, 0.15) is 25.3 Å². The summed E-state index contributed by atoms with van der Waals surface area (Å²) in [6.45, 7) is 5.01. The molecule has 20 heavy (non-hydrogen) atoms. The van der Waals surface area contributed by atoms with E-state index in [0.29, 0.717) is 0 Å². The Kier molecular flexibility index (Phi) is 3.31. The fourth-order valence-corrected chi connectivity index (χ4v) is 2.80. The van der Waals surface area contributed by atoms with Crippen molar-refractivity contribution in [2.75, 3.05) is 0 Å². The smallest absolute Gasteiger partial charge is 0.258 e. The number of hydrogen-bond donors (Lipinski definition) is 0. The Balaban J connectivity index is 2.45. The maximum atomic E-state index is 12.7. The number of hydrogen-bond acceptors (Lipinski definition) is 1. The minimum absolute atomic E-state index is 0.132. The van der Waals surface area contributed by atoms with Gasteiger partial charge in [0.1, 0.15) is 0 Å². The minimum atomic E-state index is 0.132. The van der Waals surface area contributed by atoms with E-state index in [1.165, 1.54) is 10.9 Å². The average Bonchev–Trinajstić information content (AvgIpc) is 2.47. The molecule has 0 unspecified atom stereocenters. The van der Waals surface area contributed by atoms with Crippen LogP contribution in [0.2, 0.25) is 0 Å². The maximum absolute atomic E-state index is 12.7. The first-order chi connectivity index (χ1) is 9.72. The lowest BCUT2D eigenvalue weighted by Crippen LogP contribution is -2.21. The zero-order valence-corrected chi connectivity index (χ0v) is 12.0. The molecule has 2 aromatic carbocycles. The number of para-hydroxylation sites is 1. The van der Waals surface area contributed by atoms with Crippen molar-refractivity contribution in [3.8, 4) is 0 Å². The normalized spacial score (nSPS) is 11.3. The van der Waals surface area contributed by atoms with E-state index in [-0.39, 0.29) is 5.56 Å². The summed E-state index contributed by atoms with van der Waals surface area (Å²) in [7, 11) is 0. The molecule has 1 heterocycles. The van der Waals surface area contributed by atoms with Gasteiger partial charge < -0.3 is 4.57 Å². The summed E-state index contributed by atoms with van der Waals surface area (Å²) in [6.07, 6.45) is 2.12. The Labute approximate surface area is 118 Å². The van der Waals surface area contributed by atoms with Gasteiger partial charge in [0.15, 0.2) is 0 Å². The van der Waals surface area contributed by atoms with Crippen LogP contribution in [0.15, 0.2) is 47.3 Å². The minimum Gasteiger partial charge on any atom is -0.308 e. The third-order valence-electron chi connectivity index (χ3n) is 3.87. The van der Waals surface area contributed by atoms with Gasteiger partial charge in [-0.3, -0.25) is 4.79 Å². The highest BCUT2D eigenvalue weighted by atomic mass is 16.1. The molecule has 102 valence electrons. The number of benzene rings is 2. The van der Waals surface area contributed by atoms with Crippen LogP contribution in [0.25, 0.3) is 21.7 Å². The van der Waals surface area contributed by atoms with E-state index in [0.717, 1.165) is 35.7 Å². The van der Waals surface area contributed by atoms with Gasteiger partial charge in [-0.25, -0.2) is 0 Å². The van der Waals surface area contributed by atoms with Gasteiger partial charge in [0.05, 0.1) is 5.52 Å². The second-order valence-corrected chi connectivity index (χ2v) is 5.38. The monoisotopic (exact) mass is 265 g/mol. The molecule has 3 rings (SSSR count). The van der Waals surface area contributed by atoms with Crippen molar-refractivity contribution in [1.29, 1.82) is 0 Å². The molecule has 0 saturated carbocycles. The van der Waals surface area contributed by atoms with Crippen LogP contribution in [-0.4, -0.2) is 4.57 Å². The molecule has 0 amide bonds. The predicted octanol–water partition coefficient (Wildman–Crippen LogP) is 4.26. The number of rotatable bonds is 3. The van der Waals surface area contributed by atoms with E-state index in [1.54, 1.807) is 0 Å².